The second kappa shape index (κ2) is 18.4. The van der Waals surface area contributed by atoms with Gasteiger partial charge in [-0.1, -0.05) is 81.0 Å². The molecule has 0 amide bonds. The van der Waals surface area contributed by atoms with Crippen molar-refractivity contribution in [3.8, 4) is 5.75 Å². The molecule has 5 N–H and O–H groups in total. The number of rotatable bonds is 20. The quantitative estimate of drug-likeness (QED) is 0.113. The van der Waals surface area contributed by atoms with Crippen molar-refractivity contribution in [3.63, 3.8) is 0 Å². The summed E-state index contributed by atoms with van der Waals surface area (Å²) >= 11 is 0. The van der Waals surface area contributed by atoms with Gasteiger partial charge in [-0.2, -0.15) is 0 Å². The van der Waals surface area contributed by atoms with E-state index in [0.29, 0.717) is 12.0 Å². The van der Waals surface area contributed by atoms with E-state index >= 15 is 0 Å². The first-order valence-electron chi connectivity index (χ1n) is 13.3. The minimum atomic E-state index is -1.10. The minimum absolute atomic E-state index is 0.00547. The molecule has 0 saturated heterocycles. The molecule has 0 saturated carbocycles. The zero-order valence-corrected chi connectivity index (χ0v) is 21.8. The van der Waals surface area contributed by atoms with Crippen LogP contribution in [-0.2, 0) is 11.2 Å². The van der Waals surface area contributed by atoms with E-state index in [-0.39, 0.29) is 17.2 Å². The molecular weight excluding hydrogens is 454 g/mol. The number of aryl methyl sites for hydroxylation is 1. The van der Waals surface area contributed by atoms with Crippen molar-refractivity contribution >= 4 is 11.9 Å². The lowest BCUT2D eigenvalue weighted by Crippen LogP contribution is -2.39. The van der Waals surface area contributed by atoms with Gasteiger partial charge in [0.25, 0.3) is 0 Å². The Morgan fingerprint density at radius 2 is 1.72 bits per heavy atom. The predicted octanol–water partition coefficient (Wildman–Crippen LogP) is 7.03. The van der Waals surface area contributed by atoms with Gasteiger partial charge in [0.2, 0.25) is 0 Å². The molecular formula is C30H45NO5. The first kappa shape index (κ1) is 31.2. The number of carboxylic acid groups (broad SMARTS) is 2. The van der Waals surface area contributed by atoms with Gasteiger partial charge in [0.1, 0.15) is 17.4 Å². The van der Waals surface area contributed by atoms with E-state index in [1.165, 1.54) is 6.07 Å². The highest BCUT2D eigenvalue weighted by atomic mass is 16.4. The third-order valence-corrected chi connectivity index (χ3v) is 6.52. The lowest BCUT2D eigenvalue weighted by atomic mass is 9.84. The van der Waals surface area contributed by atoms with Crippen LogP contribution in [0.1, 0.15) is 99.9 Å². The molecule has 200 valence electrons. The largest absolute Gasteiger partial charge is 0.507 e. The normalized spacial score (nSPS) is 13.6. The minimum Gasteiger partial charge on any atom is -0.507 e. The van der Waals surface area contributed by atoms with Crippen molar-refractivity contribution in [2.45, 2.75) is 96.4 Å². The summed E-state index contributed by atoms with van der Waals surface area (Å²) in [4.78, 5) is 23.0. The highest BCUT2D eigenvalue weighted by molar-refractivity contribution is 5.92. The number of hydrogen-bond donors (Lipinski definition) is 4. The Hall–Kier alpha value is -2.86. The Morgan fingerprint density at radius 3 is 2.39 bits per heavy atom. The van der Waals surface area contributed by atoms with Crippen molar-refractivity contribution in [1.29, 1.82) is 0 Å². The van der Waals surface area contributed by atoms with E-state index in [9.17, 15) is 24.9 Å². The third-order valence-electron chi connectivity index (χ3n) is 6.52. The Morgan fingerprint density at radius 1 is 1.00 bits per heavy atom. The fourth-order valence-electron chi connectivity index (χ4n) is 4.45. The summed E-state index contributed by atoms with van der Waals surface area (Å²) in [5.74, 6) is -2.38. The average Bonchev–Trinajstić information content (AvgIpc) is 2.84. The first-order valence-corrected chi connectivity index (χ1v) is 13.3. The fraction of sp³-hybridized carbons (Fsp3) is 0.533. The third kappa shape index (κ3) is 11.7. The van der Waals surface area contributed by atoms with Gasteiger partial charge < -0.3 is 21.1 Å². The van der Waals surface area contributed by atoms with Gasteiger partial charge in [-0.25, -0.2) is 4.79 Å². The molecule has 36 heavy (non-hydrogen) atoms. The Balaban J connectivity index is 2.61. The molecule has 1 aromatic carbocycles. The number of allylic oxidation sites excluding steroid dienone is 4. The van der Waals surface area contributed by atoms with Crippen LogP contribution in [0.3, 0.4) is 0 Å². The molecule has 1 rings (SSSR count). The maximum absolute atomic E-state index is 11.7. The van der Waals surface area contributed by atoms with Crippen LogP contribution < -0.4 is 5.73 Å². The average molecular weight is 500 g/mol. The molecule has 0 radical (unpaired) electrons. The molecule has 2 unspecified atom stereocenters. The fourth-order valence-corrected chi connectivity index (χ4v) is 4.45. The molecule has 0 aliphatic carbocycles. The van der Waals surface area contributed by atoms with Gasteiger partial charge >= 0.3 is 11.9 Å². The van der Waals surface area contributed by atoms with E-state index in [1.807, 2.05) is 6.08 Å². The highest BCUT2D eigenvalue weighted by Gasteiger charge is 2.26. The number of carbonyl (C=O) groups is 2. The summed E-state index contributed by atoms with van der Waals surface area (Å²) in [5, 5.41) is 28.7. The molecule has 2 atom stereocenters. The molecule has 0 bridgehead atoms. The molecule has 6 nitrogen and oxygen atoms in total. The predicted molar refractivity (Wildman–Crippen MR) is 146 cm³/mol. The molecule has 6 heteroatoms. The molecule has 0 aromatic heterocycles. The van der Waals surface area contributed by atoms with Crippen molar-refractivity contribution < 1.29 is 24.9 Å². The SMILES string of the molecule is C=CCC/C=C\C/C(=C\CCCCCCCc1cccc(O)c1C(=O)O)C(CCCC)C(N)C(=O)O. The van der Waals surface area contributed by atoms with Crippen LogP contribution in [0, 0.1) is 5.92 Å². The van der Waals surface area contributed by atoms with Crippen LogP contribution in [-0.4, -0.2) is 33.3 Å². The second-order valence-electron chi connectivity index (χ2n) is 9.36. The summed E-state index contributed by atoms with van der Waals surface area (Å²) in [7, 11) is 0. The number of unbranched alkanes of at least 4 members (excludes halogenated alkanes) is 7. The summed E-state index contributed by atoms with van der Waals surface area (Å²) in [6.45, 7) is 5.85. The standard InChI is InChI=1S/C30H45NO5/c1-3-5-7-10-13-17-23(25(21-6-4-2)28(31)30(35)36)18-14-11-8-9-12-15-19-24-20-16-22-26(32)27(24)29(33)34/h3,10,13,16,18,20,22,25,28,32H,1,4-9,11-12,14-15,17,19,21,31H2,2H3,(H,33,34)(H,35,36)/b13-10-,23-18+. The van der Waals surface area contributed by atoms with Gasteiger partial charge in [0.05, 0.1) is 0 Å². The van der Waals surface area contributed by atoms with Crippen LogP contribution in [0.4, 0.5) is 0 Å². The molecule has 0 fully saturated rings. The monoisotopic (exact) mass is 499 g/mol. The number of benzene rings is 1. The smallest absolute Gasteiger partial charge is 0.339 e. The van der Waals surface area contributed by atoms with Crippen LogP contribution in [0.2, 0.25) is 0 Å². The molecule has 0 aliphatic rings. The molecule has 1 aromatic rings. The second-order valence-corrected chi connectivity index (χ2v) is 9.36. The topological polar surface area (TPSA) is 121 Å². The van der Waals surface area contributed by atoms with E-state index < -0.39 is 18.0 Å². The molecule has 0 aliphatic heterocycles. The van der Waals surface area contributed by atoms with Crippen LogP contribution >= 0.6 is 0 Å². The Kier molecular flexibility index (Phi) is 15.9. The number of hydrogen-bond acceptors (Lipinski definition) is 4. The Labute approximate surface area is 216 Å². The van der Waals surface area contributed by atoms with Crippen molar-refractivity contribution in [1.82, 2.24) is 0 Å². The maximum Gasteiger partial charge on any atom is 0.339 e. The van der Waals surface area contributed by atoms with E-state index in [1.54, 1.807) is 12.1 Å². The number of phenols is 1. The van der Waals surface area contributed by atoms with Gasteiger partial charge in [-0.3, -0.25) is 4.79 Å². The zero-order chi connectivity index (χ0) is 26.8. The van der Waals surface area contributed by atoms with Crippen molar-refractivity contribution in [2.75, 3.05) is 0 Å². The Bertz CT molecular complexity index is 874. The van der Waals surface area contributed by atoms with Crippen LogP contribution in [0.25, 0.3) is 0 Å². The van der Waals surface area contributed by atoms with E-state index in [4.69, 9.17) is 5.73 Å². The van der Waals surface area contributed by atoms with Gasteiger partial charge in [0, 0.05) is 5.92 Å². The lowest BCUT2D eigenvalue weighted by molar-refractivity contribution is -0.139. The van der Waals surface area contributed by atoms with Crippen molar-refractivity contribution in [2.24, 2.45) is 11.7 Å². The summed E-state index contributed by atoms with van der Waals surface area (Å²) in [6, 6.07) is 3.96. The molecule has 0 spiro atoms. The van der Waals surface area contributed by atoms with Gasteiger partial charge in [-0.15, -0.1) is 6.58 Å². The van der Waals surface area contributed by atoms with E-state index in [2.05, 4.69) is 31.7 Å². The zero-order valence-electron chi connectivity index (χ0n) is 21.8. The van der Waals surface area contributed by atoms with Crippen molar-refractivity contribution in [3.05, 3.63) is 65.8 Å². The van der Waals surface area contributed by atoms with Crippen LogP contribution in [0.5, 0.6) is 5.75 Å². The lowest BCUT2D eigenvalue weighted by Gasteiger charge is -2.24. The number of nitrogens with two attached hydrogens (primary N) is 1. The summed E-state index contributed by atoms with van der Waals surface area (Å²) in [6.07, 6.45) is 20.1. The highest BCUT2D eigenvalue weighted by Crippen LogP contribution is 2.27. The first-order chi connectivity index (χ1) is 17.3. The number of aromatic carboxylic acids is 1. The maximum atomic E-state index is 11.7. The van der Waals surface area contributed by atoms with E-state index in [0.717, 1.165) is 82.6 Å². The summed E-state index contributed by atoms with van der Waals surface area (Å²) in [5.41, 5.74) is 7.90. The van der Waals surface area contributed by atoms with Gasteiger partial charge in [0.15, 0.2) is 0 Å². The summed E-state index contributed by atoms with van der Waals surface area (Å²) < 4.78 is 0. The number of aromatic hydroxyl groups is 1. The van der Waals surface area contributed by atoms with Crippen LogP contribution in [0.15, 0.2) is 54.7 Å². The molecule has 0 heterocycles. The number of aliphatic carboxylic acids is 1. The van der Waals surface area contributed by atoms with Gasteiger partial charge in [-0.05, 0) is 63.0 Å². The number of carboxylic acids is 2.